The second-order valence-corrected chi connectivity index (χ2v) is 7.28. The zero-order valence-corrected chi connectivity index (χ0v) is 17.4. The van der Waals surface area contributed by atoms with Gasteiger partial charge < -0.3 is 14.2 Å². The standard InChI is InChI=1S/C21H20F2N2O4S/c1-4-28-16-10-7-14(11-17(16)27-3)19(26)25-21-24-18(12(2)30-21)13-5-8-15(9-6-13)29-20(22)23/h5-11,20H,4H2,1-3H3,(H,24,25,26). The van der Waals surface area contributed by atoms with E-state index in [1.807, 2.05) is 13.8 Å². The number of thiazole rings is 1. The van der Waals surface area contributed by atoms with E-state index in [2.05, 4.69) is 15.0 Å². The Balaban J connectivity index is 1.76. The molecule has 1 N–H and O–H groups in total. The zero-order valence-electron chi connectivity index (χ0n) is 16.6. The summed E-state index contributed by atoms with van der Waals surface area (Å²) in [5, 5.41) is 3.20. The van der Waals surface area contributed by atoms with Crippen molar-refractivity contribution in [3.63, 3.8) is 0 Å². The normalized spacial score (nSPS) is 10.7. The van der Waals surface area contributed by atoms with Gasteiger partial charge >= 0.3 is 6.61 Å². The molecule has 2 aromatic carbocycles. The van der Waals surface area contributed by atoms with Crippen LogP contribution >= 0.6 is 11.3 Å². The van der Waals surface area contributed by atoms with Gasteiger partial charge in [-0.05, 0) is 56.3 Å². The minimum Gasteiger partial charge on any atom is -0.493 e. The van der Waals surface area contributed by atoms with E-state index in [9.17, 15) is 13.6 Å². The molecule has 1 amide bonds. The number of methoxy groups -OCH3 is 1. The molecule has 0 radical (unpaired) electrons. The lowest BCUT2D eigenvalue weighted by atomic mass is 10.1. The summed E-state index contributed by atoms with van der Waals surface area (Å²) in [5.74, 6) is 0.756. The molecule has 0 saturated heterocycles. The van der Waals surface area contributed by atoms with Gasteiger partial charge in [0.15, 0.2) is 16.6 Å². The van der Waals surface area contributed by atoms with Crippen molar-refractivity contribution in [3.8, 4) is 28.5 Å². The number of aryl methyl sites for hydroxylation is 1. The molecule has 0 aliphatic rings. The minimum absolute atomic E-state index is 0.0691. The van der Waals surface area contributed by atoms with E-state index in [1.165, 1.54) is 30.6 Å². The monoisotopic (exact) mass is 434 g/mol. The number of aromatic nitrogens is 1. The van der Waals surface area contributed by atoms with Gasteiger partial charge in [0, 0.05) is 16.0 Å². The van der Waals surface area contributed by atoms with Crippen LogP contribution < -0.4 is 19.5 Å². The van der Waals surface area contributed by atoms with Gasteiger partial charge in [-0.3, -0.25) is 10.1 Å². The molecule has 0 saturated carbocycles. The lowest BCUT2D eigenvalue weighted by Gasteiger charge is -2.10. The Morgan fingerprint density at radius 2 is 1.90 bits per heavy atom. The van der Waals surface area contributed by atoms with E-state index in [4.69, 9.17) is 9.47 Å². The molecular weight excluding hydrogens is 414 g/mol. The van der Waals surface area contributed by atoms with Gasteiger partial charge in [-0.2, -0.15) is 8.78 Å². The van der Waals surface area contributed by atoms with Crippen LogP contribution in [0.25, 0.3) is 11.3 Å². The van der Waals surface area contributed by atoms with Crippen molar-refractivity contribution >= 4 is 22.4 Å². The highest BCUT2D eigenvalue weighted by Gasteiger charge is 2.15. The number of nitrogens with zero attached hydrogens (tertiary/aromatic N) is 1. The first-order chi connectivity index (χ1) is 14.4. The number of hydrogen-bond donors (Lipinski definition) is 1. The van der Waals surface area contributed by atoms with Crippen LogP contribution in [-0.4, -0.2) is 31.2 Å². The van der Waals surface area contributed by atoms with Crippen molar-refractivity contribution in [3.05, 3.63) is 52.9 Å². The third-order valence-corrected chi connectivity index (χ3v) is 4.98. The van der Waals surface area contributed by atoms with E-state index in [0.717, 1.165) is 10.4 Å². The van der Waals surface area contributed by atoms with Gasteiger partial charge in [0.05, 0.1) is 19.4 Å². The maximum atomic E-state index is 12.6. The fourth-order valence-corrected chi connectivity index (χ4v) is 3.60. The molecule has 1 aromatic heterocycles. The maximum absolute atomic E-state index is 12.6. The molecule has 1 heterocycles. The summed E-state index contributed by atoms with van der Waals surface area (Å²) in [4.78, 5) is 18.0. The predicted molar refractivity (Wildman–Crippen MR) is 111 cm³/mol. The summed E-state index contributed by atoms with van der Waals surface area (Å²) in [6.07, 6.45) is 0. The maximum Gasteiger partial charge on any atom is 0.387 e. The molecule has 6 nitrogen and oxygen atoms in total. The Bertz CT molecular complexity index is 1020. The number of halogens is 2. The number of carbonyl (C=O) groups excluding carboxylic acids is 1. The van der Waals surface area contributed by atoms with Crippen molar-refractivity contribution < 1.29 is 27.8 Å². The predicted octanol–water partition coefficient (Wildman–Crippen LogP) is 5.38. The van der Waals surface area contributed by atoms with Gasteiger partial charge in [-0.15, -0.1) is 11.3 Å². The largest absolute Gasteiger partial charge is 0.493 e. The van der Waals surface area contributed by atoms with Gasteiger partial charge in [-0.25, -0.2) is 4.98 Å². The Morgan fingerprint density at radius 1 is 1.17 bits per heavy atom. The van der Waals surface area contributed by atoms with Gasteiger partial charge in [0.2, 0.25) is 0 Å². The number of anilines is 1. The van der Waals surface area contributed by atoms with Crippen molar-refractivity contribution in [2.24, 2.45) is 0 Å². The molecule has 0 spiro atoms. The average molecular weight is 434 g/mol. The summed E-state index contributed by atoms with van der Waals surface area (Å²) in [7, 11) is 1.51. The van der Waals surface area contributed by atoms with Crippen LogP contribution in [0.5, 0.6) is 17.2 Å². The molecule has 3 aromatic rings. The van der Waals surface area contributed by atoms with E-state index >= 15 is 0 Å². The van der Waals surface area contributed by atoms with Crippen LogP contribution in [0, 0.1) is 6.92 Å². The van der Waals surface area contributed by atoms with E-state index < -0.39 is 6.61 Å². The van der Waals surface area contributed by atoms with Crippen LogP contribution in [0.3, 0.4) is 0 Å². The molecule has 0 aliphatic carbocycles. The van der Waals surface area contributed by atoms with Crippen LogP contribution in [0.15, 0.2) is 42.5 Å². The molecule has 3 rings (SSSR count). The highest BCUT2D eigenvalue weighted by Crippen LogP contribution is 2.32. The van der Waals surface area contributed by atoms with Gasteiger partial charge in [0.1, 0.15) is 5.75 Å². The molecule has 0 unspecified atom stereocenters. The Hall–Kier alpha value is -3.20. The quantitative estimate of drug-likeness (QED) is 0.516. The molecule has 30 heavy (non-hydrogen) atoms. The van der Waals surface area contributed by atoms with E-state index in [1.54, 1.807) is 30.3 Å². The van der Waals surface area contributed by atoms with E-state index in [0.29, 0.717) is 34.5 Å². The average Bonchev–Trinajstić information content (AvgIpc) is 3.08. The summed E-state index contributed by atoms with van der Waals surface area (Å²) in [6.45, 7) is 1.34. The summed E-state index contributed by atoms with van der Waals surface area (Å²) in [6, 6.07) is 11.1. The molecule has 0 aliphatic heterocycles. The Kier molecular flexibility index (Phi) is 6.83. The topological polar surface area (TPSA) is 69.7 Å². The number of nitrogens with one attached hydrogen (secondary N) is 1. The number of amides is 1. The molecule has 0 fully saturated rings. The number of benzene rings is 2. The highest BCUT2D eigenvalue weighted by atomic mass is 32.1. The number of rotatable bonds is 8. The van der Waals surface area contributed by atoms with Crippen molar-refractivity contribution in [1.82, 2.24) is 4.98 Å². The van der Waals surface area contributed by atoms with Crippen molar-refractivity contribution in [1.29, 1.82) is 0 Å². The Labute approximate surface area is 176 Å². The highest BCUT2D eigenvalue weighted by molar-refractivity contribution is 7.16. The smallest absolute Gasteiger partial charge is 0.387 e. The van der Waals surface area contributed by atoms with E-state index in [-0.39, 0.29) is 11.7 Å². The fourth-order valence-electron chi connectivity index (χ4n) is 2.76. The zero-order chi connectivity index (χ0) is 21.7. The number of alkyl halides is 2. The third-order valence-electron chi connectivity index (χ3n) is 4.10. The first kappa shape index (κ1) is 21.5. The number of carbonyl (C=O) groups is 1. The molecular formula is C21H20F2N2O4S. The second kappa shape index (κ2) is 9.53. The lowest BCUT2D eigenvalue weighted by molar-refractivity contribution is -0.0498. The van der Waals surface area contributed by atoms with Crippen LogP contribution in [0.4, 0.5) is 13.9 Å². The number of hydrogen-bond acceptors (Lipinski definition) is 6. The lowest BCUT2D eigenvalue weighted by Crippen LogP contribution is -2.12. The molecule has 9 heteroatoms. The molecule has 0 bridgehead atoms. The fraction of sp³-hybridized carbons (Fsp3) is 0.238. The van der Waals surface area contributed by atoms with Crippen molar-refractivity contribution in [2.45, 2.75) is 20.5 Å². The summed E-state index contributed by atoms with van der Waals surface area (Å²) >= 11 is 1.32. The number of ether oxygens (including phenoxy) is 3. The van der Waals surface area contributed by atoms with Crippen molar-refractivity contribution in [2.75, 3.05) is 19.0 Å². The summed E-state index contributed by atoms with van der Waals surface area (Å²) in [5.41, 5.74) is 1.79. The first-order valence-electron chi connectivity index (χ1n) is 9.06. The molecule has 0 atom stereocenters. The Morgan fingerprint density at radius 3 is 2.53 bits per heavy atom. The summed E-state index contributed by atoms with van der Waals surface area (Å²) < 4.78 is 39.7. The van der Waals surface area contributed by atoms with Gasteiger partial charge in [-0.1, -0.05) is 0 Å². The van der Waals surface area contributed by atoms with Crippen LogP contribution in [0.1, 0.15) is 22.2 Å². The van der Waals surface area contributed by atoms with Crippen LogP contribution in [-0.2, 0) is 0 Å². The first-order valence-corrected chi connectivity index (χ1v) is 9.87. The SMILES string of the molecule is CCOc1ccc(C(=O)Nc2nc(-c3ccc(OC(F)F)cc3)c(C)s2)cc1OC. The minimum atomic E-state index is -2.88. The second-order valence-electron chi connectivity index (χ2n) is 6.08. The van der Waals surface area contributed by atoms with Gasteiger partial charge in [0.25, 0.3) is 5.91 Å². The van der Waals surface area contributed by atoms with Crippen LogP contribution in [0.2, 0.25) is 0 Å². The molecule has 158 valence electrons. The third kappa shape index (κ3) is 5.04.